The van der Waals surface area contributed by atoms with E-state index in [9.17, 15) is 4.79 Å². The molecule has 0 N–H and O–H groups in total. The van der Waals surface area contributed by atoms with Gasteiger partial charge in [0, 0.05) is 29.7 Å². The lowest BCUT2D eigenvalue weighted by Gasteiger charge is -2.16. The molecule has 0 aliphatic heterocycles. The smallest absolute Gasteiger partial charge is 0.223 e. The highest BCUT2D eigenvalue weighted by atomic mass is 127. The lowest BCUT2D eigenvalue weighted by molar-refractivity contribution is -0.125. The van der Waals surface area contributed by atoms with Crippen molar-refractivity contribution >= 4 is 26.4 Å². The molecule has 0 aliphatic rings. The van der Waals surface area contributed by atoms with Crippen LogP contribution in [-0.4, -0.2) is 16.5 Å². The van der Waals surface area contributed by atoms with Gasteiger partial charge in [-0.2, -0.15) is 0 Å². The maximum absolute atomic E-state index is 10.6. The molecule has 0 spiro atoms. The molecule has 0 aromatic carbocycles. The van der Waals surface area contributed by atoms with E-state index in [1.165, 1.54) is 7.11 Å². The van der Waals surface area contributed by atoms with Crippen molar-refractivity contribution < 1.29 is 9.53 Å². The van der Waals surface area contributed by atoms with E-state index in [-0.39, 0.29) is 3.79 Å². The van der Waals surface area contributed by atoms with Gasteiger partial charge >= 0.3 is 0 Å². The zero-order valence-corrected chi connectivity index (χ0v) is 7.35. The van der Waals surface area contributed by atoms with E-state index in [1.807, 2.05) is 0 Å². The second-order valence-electron chi connectivity index (χ2n) is 1.99. The van der Waals surface area contributed by atoms with Crippen LogP contribution in [-0.2, 0) is 9.53 Å². The van der Waals surface area contributed by atoms with E-state index in [1.54, 1.807) is 36.4 Å². The summed E-state index contributed by atoms with van der Waals surface area (Å²) in [5.41, 5.74) is -0.611. The van der Waals surface area contributed by atoms with Crippen LogP contribution in [0.1, 0.15) is 13.8 Å². The first-order valence-electron chi connectivity index (χ1n) is 2.26. The summed E-state index contributed by atoms with van der Waals surface area (Å²) in [5.74, 6) is 0. The van der Waals surface area contributed by atoms with Crippen molar-refractivity contribution in [2.45, 2.75) is 19.4 Å². The van der Waals surface area contributed by atoms with Crippen LogP contribution in [0, 0.1) is 0 Å². The number of methoxy groups -OCH3 is 1. The summed E-state index contributed by atoms with van der Waals surface area (Å²) < 4.78 is 4.87. The van der Waals surface area contributed by atoms with Crippen LogP contribution in [0.3, 0.4) is 0 Å². The first kappa shape index (κ1) is 8.36. The van der Waals surface area contributed by atoms with Gasteiger partial charge in [-0.1, -0.05) is 0 Å². The number of halogens is 1. The standard InChI is InChI=1S/C5H9IO2/c1-5(2,8-3)4(6)7/h1-3H3. The zero-order valence-electron chi connectivity index (χ0n) is 5.19. The molecule has 8 heavy (non-hydrogen) atoms. The quantitative estimate of drug-likeness (QED) is 0.527. The van der Waals surface area contributed by atoms with Crippen molar-refractivity contribution in [2.24, 2.45) is 0 Å². The molecule has 0 saturated heterocycles. The highest BCUT2D eigenvalue weighted by Gasteiger charge is 2.23. The molecule has 0 heterocycles. The summed E-state index contributed by atoms with van der Waals surface area (Å²) in [6.07, 6.45) is 0. The normalized spacial score (nSPS) is 11.5. The van der Waals surface area contributed by atoms with Crippen molar-refractivity contribution in [3.05, 3.63) is 0 Å². The Balaban J connectivity index is 3.91. The van der Waals surface area contributed by atoms with E-state index >= 15 is 0 Å². The molecule has 0 radical (unpaired) electrons. The number of carbonyl (C=O) groups is 1. The molecule has 0 aromatic heterocycles. The predicted octanol–water partition coefficient (Wildman–Crippen LogP) is 1.37. The van der Waals surface area contributed by atoms with Crippen molar-refractivity contribution in [1.29, 1.82) is 0 Å². The van der Waals surface area contributed by atoms with Gasteiger partial charge in [0.1, 0.15) is 5.60 Å². The topological polar surface area (TPSA) is 26.3 Å². The second-order valence-corrected chi connectivity index (χ2v) is 2.97. The third-order valence-electron chi connectivity index (χ3n) is 0.984. The van der Waals surface area contributed by atoms with Crippen LogP contribution < -0.4 is 0 Å². The van der Waals surface area contributed by atoms with Gasteiger partial charge in [-0.15, -0.1) is 0 Å². The molecule has 0 aromatic rings. The van der Waals surface area contributed by atoms with Gasteiger partial charge in [0.15, 0.2) is 0 Å². The summed E-state index contributed by atoms with van der Waals surface area (Å²) in [5, 5.41) is 0. The van der Waals surface area contributed by atoms with E-state index in [0.717, 1.165) is 0 Å². The lowest BCUT2D eigenvalue weighted by atomic mass is 10.2. The van der Waals surface area contributed by atoms with Crippen LogP contribution in [0.5, 0.6) is 0 Å². The summed E-state index contributed by atoms with van der Waals surface area (Å²) >= 11 is 1.72. The minimum atomic E-state index is -0.611. The summed E-state index contributed by atoms with van der Waals surface area (Å²) in [7, 11) is 1.52. The third kappa shape index (κ3) is 2.09. The number of rotatable bonds is 2. The molecule has 0 atom stereocenters. The molecule has 0 amide bonds. The van der Waals surface area contributed by atoms with Gasteiger partial charge in [-0.3, -0.25) is 4.79 Å². The molecule has 0 bridgehead atoms. The Bertz CT molecular complexity index is 98.6. The largest absolute Gasteiger partial charge is 0.370 e. The first-order valence-corrected chi connectivity index (χ1v) is 3.33. The molecule has 0 saturated carbocycles. The molecule has 0 unspecified atom stereocenters. The Kier molecular flexibility index (Phi) is 2.90. The third-order valence-corrected chi connectivity index (χ3v) is 2.28. The SMILES string of the molecule is COC(C)(C)C(=O)I. The predicted molar refractivity (Wildman–Crippen MR) is 40.1 cm³/mol. The molecule has 0 rings (SSSR count). The minimum Gasteiger partial charge on any atom is -0.370 e. The van der Waals surface area contributed by atoms with Crippen LogP contribution in [0.25, 0.3) is 0 Å². The van der Waals surface area contributed by atoms with Crippen LogP contribution in [0.2, 0.25) is 0 Å². The van der Waals surface area contributed by atoms with E-state index < -0.39 is 5.60 Å². The van der Waals surface area contributed by atoms with Gasteiger partial charge in [-0.25, -0.2) is 0 Å². The molecule has 0 fully saturated rings. The lowest BCUT2D eigenvalue weighted by Crippen LogP contribution is -2.29. The maximum Gasteiger partial charge on any atom is 0.223 e. The Labute approximate surface area is 62.7 Å². The number of hydrogen-bond donors (Lipinski definition) is 0. The Hall–Kier alpha value is 0.360. The molecule has 48 valence electrons. The molecular weight excluding hydrogens is 219 g/mol. The fraction of sp³-hybridized carbons (Fsp3) is 0.800. The summed E-state index contributed by atoms with van der Waals surface area (Å²) in [4.78, 5) is 10.6. The Morgan fingerprint density at radius 1 is 1.62 bits per heavy atom. The minimum absolute atomic E-state index is 0.0256. The van der Waals surface area contributed by atoms with Gasteiger partial charge in [-0.05, 0) is 13.8 Å². The van der Waals surface area contributed by atoms with Gasteiger partial charge in [0.05, 0.1) is 0 Å². The average molecular weight is 228 g/mol. The number of carbonyl (C=O) groups excluding carboxylic acids is 1. The fourth-order valence-electron chi connectivity index (χ4n) is 0.0802. The van der Waals surface area contributed by atoms with Gasteiger partial charge < -0.3 is 4.74 Å². The summed E-state index contributed by atoms with van der Waals surface area (Å²) in [6, 6.07) is 0. The van der Waals surface area contributed by atoms with E-state index in [0.29, 0.717) is 0 Å². The highest BCUT2D eigenvalue weighted by Crippen LogP contribution is 2.12. The average Bonchev–Trinajstić information content (AvgIpc) is 1.67. The Morgan fingerprint density at radius 3 is 2.00 bits per heavy atom. The highest BCUT2D eigenvalue weighted by molar-refractivity contribution is 14.1. The van der Waals surface area contributed by atoms with Gasteiger partial charge in [0.2, 0.25) is 3.79 Å². The molecule has 2 nitrogen and oxygen atoms in total. The van der Waals surface area contributed by atoms with Crippen LogP contribution in [0.4, 0.5) is 0 Å². The second kappa shape index (κ2) is 2.77. The monoisotopic (exact) mass is 228 g/mol. The van der Waals surface area contributed by atoms with Gasteiger partial charge in [0.25, 0.3) is 0 Å². The van der Waals surface area contributed by atoms with E-state index in [4.69, 9.17) is 4.74 Å². The molecule has 3 heteroatoms. The van der Waals surface area contributed by atoms with Crippen molar-refractivity contribution in [3.8, 4) is 0 Å². The Morgan fingerprint density at radius 2 is 2.00 bits per heavy atom. The molecular formula is C5H9IO2. The number of hydrogen-bond acceptors (Lipinski definition) is 2. The number of ether oxygens (including phenoxy) is 1. The van der Waals surface area contributed by atoms with Crippen LogP contribution in [0.15, 0.2) is 0 Å². The van der Waals surface area contributed by atoms with Crippen LogP contribution >= 0.6 is 22.6 Å². The molecule has 0 aliphatic carbocycles. The van der Waals surface area contributed by atoms with E-state index in [2.05, 4.69) is 0 Å². The van der Waals surface area contributed by atoms with Crippen molar-refractivity contribution in [2.75, 3.05) is 7.11 Å². The van der Waals surface area contributed by atoms with Crippen molar-refractivity contribution in [1.82, 2.24) is 0 Å². The summed E-state index contributed by atoms with van der Waals surface area (Å²) in [6.45, 7) is 3.48. The van der Waals surface area contributed by atoms with Crippen molar-refractivity contribution in [3.63, 3.8) is 0 Å². The zero-order chi connectivity index (χ0) is 6.78. The maximum atomic E-state index is 10.6. The first-order chi connectivity index (χ1) is 3.50. The fourth-order valence-corrected chi connectivity index (χ4v) is 0.300.